The highest BCUT2D eigenvalue weighted by Gasteiger charge is 2.19. The second-order valence-corrected chi connectivity index (χ2v) is 2.79. The Bertz CT molecular complexity index is 510. The number of nitrogens with zero attached hydrogens (tertiary/aromatic N) is 5. The number of hydrogen-bond acceptors (Lipinski definition) is 6. The first-order chi connectivity index (χ1) is 7.72. The third-order valence-electron chi connectivity index (χ3n) is 1.86. The van der Waals surface area contributed by atoms with Crippen LogP contribution in [0.4, 0.5) is 5.69 Å². The lowest BCUT2D eigenvalue weighted by Gasteiger charge is -2.02. The molecular weight excluding hydrogens is 214 g/mol. The lowest BCUT2D eigenvalue weighted by Crippen LogP contribution is -2.06. The van der Waals surface area contributed by atoms with E-state index in [9.17, 15) is 10.1 Å². The molecule has 0 aromatic carbocycles. The molecule has 0 atom stereocenters. The average molecular weight is 221 g/mol. The third kappa shape index (κ3) is 1.67. The first-order valence-electron chi connectivity index (χ1n) is 4.27. The van der Waals surface area contributed by atoms with Gasteiger partial charge >= 0.3 is 5.69 Å². The van der Waals surface area contributed by atoms with E-state index in [1.165, 1.54) is 31.8 Å². The van der Waals surface area contributed by atoms with E-state index in [1.54, 1.807) is 0 Å². The van der Waals surface area contributed by atoms with Crippen molar-refractivity contribution in [3.05, 3.63) is 34.8 Å². The highest BCUT2D eigenvalue weighted by Crippen LogP contribution is 2.23. The molecule has 82 valence electrons. The molecule has 0 fully saturated rings. The van der Waals surface area contributed by atoms with Crippen molar-refractivity contribution in [2.75, 3.05) is 7.11 Å². The predicted molar refractivity (Wildman–Crippen MR) is 52.4 cm³/mol. The maximum Gasteiger partial charge on any atom is 0.319 e. The van der Waals surface area contributed by atoms with E-state index in [4.69, 9.17) is 4.74 Å². The molecular formula is C8H7N5O3. The fourth-order valence-electron chi connectivity index (χ4n) is 1.15. The zero-order valence-corrected chi connectivity index (χ0v) is 8.27. The number of nitro groups is 1. The van der Waals surface area contributed by atoms with E-state index < -0.39 is 4.92 Å². The van der Waals surface area contributed by atoms with Gasteiger partial charge in [-0.2, -0.15) is 10.2 Å². The monoisotopic (exact) mass is 221 g/mol. The molecule has 8 nitrogen and oxygen atoms in total. The molecule has 0 aliphatic rings. The molecule has 8 heteroatoms. The molecule has 2 aromatic heterocycles. The van der Waals surface area contributed by atoms with Crippen molar-refractivity contribution in [1.82, 2.24) is 20.0 Å². The Labute approximate surface area is 89.6 Å². The molecule has 2 rings (SSSR count). The third-order valence-corrected chi connectivity index (χ3v) is 1.86. The summed E-state index contributed by atoms with van der Waals surface area (Å²) in [6.07, 6.45) is 4.19. The summed E-state index contributed by atoms with van der Waals surface area (Å²) >= 11 is 0. The Balaban J connectivity index is 2.57. The van der Waals surface area contributed by atoms with E-state index >= 15 is 0 Å². The number of methoxy groups -OCH3 is 1. The molecule has 0 radical (unpaired) electrons. The van der Waals surface area contributed by atoms with Gasteiger partial charge in [-0.1, -0.05) is 0 Å². The molecule has 16 heavy (non-hydrogen) atoms. The summed E-state index contributed by atoms with van der Waals surface area (Å²) < 4.78 is 4.86. The minimum Gasteiger partial charge on any atom is -0.495 e. The normalized spacial score (nSPS) is 10.1. The van der Waals surface area contributed by atoms with E-state index in [0.29, 0.717) is 5.75 Å². The number of aromatic nitrogens is 4. The van der Waals surface area contributed by atoms with E-state index in [-0.39, 0.29) is 11.5 Å². The molecule has 0 bridgehead atoms. The second kappa shape index (κ2) is 3.93. The van der Waals surface area contributed by atoms with Crippen LogP contribution in [0.1, 0.15) is 0 Å². The van der Waals surface area contributed by atoms with Crippen LogP contribution in [0.2, 0.25) is 0 Å². The van der Waals surface area contributed by atoms with Gasteiger partial charge < -0.3 is 4.74 Å². The summed E-state index contributed by atoms with van der Waals surface area (Å²) in [6.45, 7) is 0. The topological polar surface area (TPSA) is 96.0 Å². The summed E-state index contributed by atoms with van der Waals surface area (Å²) in [4.78, 5) is 15.2. The summed E-state index contributed by atoms with van der Waals surface area (Å²) in [5, 5.41) is 18.4. The first-order valence-corrected chi connectivity index (χ1v) is 4.27. The Kier molecular flexibility index (Phi) is 2.46. The zero-order chi connectivity index (χ0) is 11.5. The van der Waals surface area contributed by atoms with Crippen LogP contribution in [-0.4, -0.2) is 32.0 Å². The molecule has 0 amide bonds. The Morgan fingerprint density at radius 2 is 2.12 bits per heavy atom. The van der Waals surface area contributed by atoms with Crippen LogP contribution < -0.4 is 4.74 Å². The van der Waals surface area contributed by atoms with Gasteiger partial charge in [-0.25, -0.2) is 4.98 Å². The van der Waals surface area contributed by atoms with Crippen LogP contribution in [0.3, 0.4) is 0 Å². The van der Waals surface area contributed by atoms with Crippen molar-refractivity contribution < 1.29 is 9.66 Å². The largest absolute Gasteiger partial charge is 0.495 e. The lowest BCUT2D eigenvalue weighted by molar-refractivity contribution is -0.385. The van der Waals surface area contributed by atoms with Crippen LogP contribution in [0, 0.1) is 10.1 Å². The van der Waals surface area contributed by atoms with Gasteiger partial charge in [-0.05, 0) is 0 Å². The number of hydrogen-bond donors (Lipinski definition) is 0. The van der Waals surface area contributed by atoms with Crippen LogP contribution in [-0.2, 0) is 0 Å². The van der Waals surface area contributed by atoms with Crippen molar-refractivity contribution in [2.45, 2.75) is 0 Å². The summed E-state index contributed by atoms with van der Waals surface area (Å²) in [6, 6.07) is 1.27. The van der Waals surface area contributed by atoms with Gasteiger partial charge in [0, 0.05) is 0 Å². The predicted octanol–water partition coefficient (Wildman–Crippen LogP) is 0.579. The fraction of sp³-hybridized carbons (Fsp3) is 0.125. The smallest absolute Gasteiger partial charge is 0.319 e. The Hall–Kier alpha value is -2.51. The average Bonchev–Trinajstić information content (AvgIpc) is 2.81. The van der Waals surface area contributed by atoms with Gasteiger partial charge in [0.05, 0.1) is 36.7 Å². The van der Waals surface area contributed by atoms with Crippen LogP contribution in [0.5, 0.6) is 5.75 Å². The highest BCUT2D eigenvalue weighted by atomic mass is 16.6. The van der Waals surface area contributed by atoms with Crippen molar-refractivity contribution in [3.63, 3.8) is 0 Å². The van der Waals surface area contributed by atoms with E-state index in [0.717, 1.165) is 4.80 Å². The Morgan fingerprint density at radius 3 is 2.69 bits per heavy atom. The van der Waals surface area contributed by atoms with Gasteiger partial charge in [0.25, 0.3) is 5.82 Å². The molecule has 0 aliphatic heterocycles. The van der Waals surface area contributed by atoms with Crippen LogP contribution in [0.25, 0.3) is 5.82 Å². The summed E-state index contributed by atoms with van der Waals surface area (Å²) in [5.41, 5.74) is -0.212. The van der Waals surface area contributed by atoms with Gasteiger partial charge in [0.1, 0.15) is 5.75 Å². The minimum atomic E-state index is -0.561. The molecule has 0 saturated heterocycles. The quantitative estimate of drug-likeness (QED) is 0.555. The van der Waals surface area contributed by atoms with Crippen molar-refractivity contribution in [3.8, 4) is 11.6 Å². The molecule has 0 N–H and O–H groups in total. The van der Waals surface area contributed by atoms with Gasteiger partial charge in [0.2, 0.25) is 0 Å². The molecule has 0 unspecified atom stereocenters. The first kappa shape index (κ1) is 10.0. The molecule has 0 saturated carbocycles. The summed E-state index contributed by atoms with van der Waals surface area (Å²) in [5.74, 6) is 0.360. The van der Waals surface area contributed by atoms with Crippen LogP contribution >= 0.6 is 0 Å². The minimum absolute atomic E-state index is 0.0517. The number of pyridine rings is 1. The SMILES string of the molecule is COc1cnc(-n2nccn2)c([N+](=O)[O-])c1. The zero-order valence-electron chi connectivity index (χ0n) is 8.27. The molecule has 2 aromatic rings. The molecule has 2 heterocycles. The van der Waals surface area contributed by atoms with E-state index in [2.05, 4.69) is 15.2 Å². The molecule has 0 spiro atoms. The number of rotatable bonds is 3. The van der Waals surface area contributed by atoms with Crippen LogP contribution in [0.15, 0.2) is 24.7 Å². The van der Waals surface area contributed by atoms with Gasteiger partial charge in [0.15, 0.2) is 0 Å². The number of ether oxygens (including phenoxy) is 1. The second-order valence-electron chi connectivity index (χ2n) is 2.79. The maximum absolute atomic E-state index is 10.8. The van der Waals surface area contributed by atoms with Crippen molar-refractivity contribution in [1.29, 1.82) is 0 Å². The molecule has 0 aliphatic carbocycles. The maximum atomic E-state index is 10.8. The van der Waals surface area contributed by atoms with E-state index in [1.807, 2.05) is 0 Å². The lowest BCUT2D eigenvalue weighted by atomic mass is 10.4. The van der Waals surface area contributed by atoms with Gasteiger partial charge in [-0.15, -0.1) is 4.80 Å². The van der Waals surface area contributed by atoms with Gasteiger partial charge in [-0.3, -0.25) is 10.1 Å². The Morgan fingerprint density at radius 1 is 1.44 bits per heavy atom. The summed E-state index contributed by atoms with van der Waals surface area (Å²) in [7, 11) is 1.41. The fourth-order valence-corrected chi connectivity index (χ4v) is 1.15. The van der Waals surface area contributed by atoms with Crippen molar-refractivity contribution in [2.24, 2.45) is 0 Å². The standard InChI is InChI=1S/C8H7N5O3/c1-16-6-4-7(13(14)15)8(9-5-6)12-10-2-3-11-12/h2-5H,1H3. The highest BCUT2D eigenvalue weighted by molar-refractivity contribution is 5.49. The van der Waals surface area contributed by atoms with Crippen molar-refractivity contribution >= 4 is 5.69 Å².